The van der Waals surface area contributed by atoms with Gasteiger partial charge in [-0.3, -0.25) is 0 Å². The second kappa shape index (κ2) is 5.96. The summed E-state index contributed by atoms with van der Waals surface area (Å²) in [5, 5.41) is 0. The van der Waals surface area contributed by atoms with Crippen molar-refractivity contribution in [3.8, 4) is 5.88 Å². The molecule has 0 aromatic carbocycles. The zero-order chi connectivity index (χ0) is 12.9. The number of hydrogen-bond donors (Lipinski definition) is 1. The zero-order valence-corrected chi connectivity index (χ0v) is 11.2. The predicted molar refractivity (Wildman–Crippen MR) is 69.0 cm³/mol. The van der Waals surface area contributed by atoms with Crippen LogP contribution >= 0.6 is 0 Å². The van der Waals surface area contributed by atoms with E-state index in [1.165, 1.54) is 6.33 Å². The molecule has 96 valence electrons. The number of nitrogens with zero attached hydrogens (tertiary/aromatic N) is 2. The molecule has 1 heterocycles. The van der Waals surface area contributed by atoms with Crippen LogP contribution in [0.2, 0.25) is 0 Å². The van der Waals surface area contributed by atoms with Gasteiger partial charge in [0.05, 0.1) is 6.61 Å². The first-order valence-corrected chi connectivity index (χ1v) is 6.12. The Morgan fingerprint density at radius 2 is 2.06 bits per heavy atom. The second-order valence-corrected chi connectivity index (χ2v) is 5.37. The second-order valence-electron chi connectivity index (χ2n) is 5.37. The van der Waals surface area contributed by atoms with Crippen molar-refractivity contribution in [2.45, 2.75) is 46.6 Å². The third kappa shape index (κ3) is 4.69. The first-order valence-electron chi connectivity index (χ1n) is 6.12. The van der Waals surface area contributed by atoms with E-state index in [0.29, 0.717) is 12.5 Å². The maximum Gasteiger partial charge on any atom is 0.216 e. The normalized spacial score (nSPS) is 13.5. The summed E-state index contributed by atoms with van der Waals surface area (Å²) in [5.74, 6) is 0.637. The smallest absolute Gasteiger partial charge is 0.216 e. The minimum atomic E-state index is 0.0788. The summed E-state index contributed by atoms with van der Waals surface area (Å²) in [6.07, 6.45) is 3.26. The van der Waals surface area contributed by atoms with Gasteiger partial charge in [-0.05, 0) is 11.8 Å². The van der Waals surface area contributed by atoms with Crippen LogP contribution in [-0.2, 0) is 6.42 Å². The summed E-state index contributed by atoms with van der Waals surface area (Å²) >= 11 is 0. The van der Waals surface area contributed by atoms with Gasteiger partial charge in [-0.2, -0.15) is 0 Å². The molecule has 17 heavy (non-hydrogen) atoms. The van der Waals surface area contributed by atoms with Crippen molar-refractivity contribution in [1.82, 2.24) is 9.97 Å². The lowest BCUT2D eigenvalue weighted by molar-refractivity contribution is 0.300. The molecule has 1 unspecified atom stereocenters. The summed E-state index contributed by atoms with van der Waals surface area (Å²) in [5.41, 5.74) is 7.15. The molecule has 4 heteroatoms. The monoisotopic (exact) mass is 237 g/mol. The molecule has 1 aromatic heterocycles. The molecule has 1 aromatic rings. The molecule has 0 radical (unpaired) electrons. The molecular formula is C13H23N3O. The Bertz CT molecular complexity index is 347. The van der Waals surface area contributed by atoms with Crippen LogP contribution in [-0.4, -0.2) is 22.6 Å². The largest absolute Gasteiger partial charge is 0.478 e. The zero-order valence-electron chi connectivity index (χ0n) is 11.2. The van der Waals surface area contributed by atoms with Gasteiger partial charge in [0.25, 0.3) is 0 Å². The third-order valence-electron chi connectivity index (χ3n) is 2.69. The van der Waals surface area contributed by atoms with E-state index < -0.39 is 0 Å². The van der Waals surface area contributed by atoms with Crippen molar-refractivity contribution in [3.05, 3.63) is 18.1 Å². The molecule has 0 saturated carbocycles. The van der Waals surface area contributed by atoms with E-state index in [2.05, 4.69) is 37.7 Å². The van der Waals surface area contributed by atoms with Gasteiger partial charge < -0.3 is 10.5 Å². The number of aromatic nitrogens is 2. The molecule has 4 nitrogen and oxygen atoms in total. The fourth-order valence-electron chi connectivity index (χ4n) is 1.31. The van der Waals surface area contributed by atoms with Crippen molar-refractivity contribution in [2.24, 2.45) is 11.1 Å². The highest BCUT2D eigenvalue weighted by Crippen LogP contribution is 2.20. The Balaban J connectivity index is 2.65. The van der Waals surface area contributed by atoms with Gasteiger partial charge in [0.1, 0.15) is 6.33 Å². The summed E-state index contributed by atoms with van der Waals surface area (Å²) in [6, 6.07) is 1.96. The summed E-state index contributed by atoms with van der Waals surface area (Å²) in [6.45, 7) is 9.15. The molecule has 1 atom stereocenters. The lowest BCUT2D eigenvalue weighted by atomic mass is 9.85. The van der Waals surface area contributed by atoms with Crippen molar-refractivity contribution >= 4 is 0 Å². The van der Waals surface area contributed by atoms with Gasteiger partial charge >= 0.3 is 0 Å². The van der Waals surface area contributed by atoms with E-state index in [9.17, 15) is 0 Å². The summed E-state index contributed by atoms with van der Waals surface area (Å²) in [7, 11) is 0. The van der Waals surface area contributed by atoms with E-state index in [-0.39, 0.29) is 11.5 Å². The molecule has 0 aliphatic heterocycles. The van der Waals surface area contributed by atoms with E-state index in [4.69, 9.17) is 10.5 Å². The molecule has 0 saturated heterocycles. The molecule has 0 aliphatic rings. The molecule has 1 rings (SSSR count). The third-order valence-corrected chi connectivity index (χ3v) is 2.69. The standard InChI is InChI=1S/C13H23N3O/c1-5-6-17-12-8-10(15-9-16-12)7-11(14)13(2,3)4/h8-9,11H,5-7,14H2,1-4H3. The highest BCUT2D eigenvalue weighted by molar-refractivity contribution is 5.14. The van der Waals surface area contributed by atoms with Crippen LogP contribution in [0, 0.1) is 5.41 Å². The Labute approximate surface area is 104 Å². The van der Waals surface area contributed by atoms with Crippen molar-refractivity contribution in [1.29, 1.82) is 0 Å². The van der Waals surface area contributed by atoms with Crippen LogP contribution in [0.5, 0.6) is 5.88 Å². The van der Waals surface area contributed by atoms with Crippen molar-refractivity contribution < 1.29 is 4.74 Å². The van der Waals surface area contributed by atoms with Crippen LogP contribution < -0.4 is 10.5 Å². The van der Waals surface area contributed by atoms with Gasteiger partial charge in [-0.15, -0.1) is 0 Å². The minimum Gasteiger partial charge on any atom is -0.478 e. The van der Waals surface area contributed by atoms with Crippen LogP contribution in [0.25, 0.3) is 0 Å². The van der Waals surface area contributed by atoms with E-state index in [0.717, 1.165) is 18.5 Å². The van der Waals surface area contributed by atoms with Crippen molar-refractivity contribution in [2.75, 3.05) is 6.61 Å². The lowest BCUT2D eigenvalue weighted by Gasteiger charge is -2.26. The van der Waals surface area contributed by atoms with E-state index in [1.807, 2.05) is 6.07 Å². The topological polar surface area (TPSA) is 61.0 Å². The highest BCUT2D eigenvalue weighted by atomic mass is 16.5. The van der Waals surface area contributed by atoms with Gasteiger partial charge in [0, 0.05) is 24.2 Å². The Kier molecular flexibility index (Phi) is 4.87. The molecule has 0 fully saturated rings. The summed E-state index contributed by atoms with van der Waals surface area (Å²) < 4.78 is 5.47. The van der Waals surface area contributed by atoms with E-state index >= 15 is 0 Å². The Morgan fingerprint density at radius 3 is 2.65 bits per heavy atom. The Hall–Kier alpha value is -1.16. The number of ether oxygens (including phenoxy) is 1. The lowest BCUT2D eigenvalue weighted by Crippen LogP contribution is -2.37. The molecule has 2 N–H and O–H groups in total. The van der Waals surface area contributed by atoms with Crippen LogP contribution in [0.3, 0.4) is 0 Å². The van der Waals surface area contributed by atoms with Crippen LogP contribution in [0.15, 0.2) is 12.4 Å². The molecule has 0 aliphatic carbocycles. The quantitative estimate of drug-likeness (QED) is 0.852. The summed E-state index contributed by atoms with van der Waals surface area (Å²) in [4.78, 5) is 8.30. The fraction of sp³-hybridized carbons (Fsp3) is 0.692. The molecule has 0 spiro atoms. The number of hydrogen-bond acceptors (Lipinski definition) is 4. The SMILES string of the molecule is CCCOc1cc(CC(N)C(C)(C)C)ncn1. The van der Waals surface area contributed by atoms with Gasteiger partial charge in [-0.25, -0.2) is 9.97 Å². The van der Waals surface area contributed by atoms with Gasteiger partial charge in [-0.1, -0.05) is 27.7 Å². The first kappa shape index (κ1) is 13.9. The number of rotatable bonds is 5. The first-order chi connectivity index (χ1) is 7.93. The van der Waals surface area contributed by atoms with Gasteiger partial charge in [0.2, 0.25) is 5.88 Å². The molecular weight excluding hydrogens is 214 g/mol. The Morgan fingerprint density at radius 1 is 1.35 bits per heavy atom. The van der Waals surface area contributed by atoms with Crippen molar-refractivity contribution in [3.63, 3.8) is 0 Å². The van der Waals surface area contributed by atoms with Crippen LogP contribution in [0.1, 0.15) is 39.8 Å². The maximum absolute atomic E-state index is 6.13. The molecule has 0 bridgehead atoms. The predicted octanol–water partition coefficient (Wildman–Crippen LogP) is 2.18. The molecule has 0 amide bonds. The maximum atomic E-state index is 6.13. The minimum absolute atomic E-state index is 0.0788. The van der Waals surface area contributed by atoms with E-state index in [1.54, 1.807) is 0 Å². The average Bonchev–Trinajstić information content (AvgIpc) is 2.25. The van der Waals surface area contributed by atoms with Gasteiger partial charge in [0.15, 0.2) is 0 Å². The number of nitrogens with two attached hydrogens (primary N) is 1. The fourth-order valence-corrected chi connectivity index (χ4v) is 1.31. The van der Waals surface area contributed by atoms with Crippen LogP contribution in [0.4, 0.5) is 0 Å². The average molecular weight is 237 g/mol. The highest BCUT2D eigenvalue weighted by Gasteiger charge is 2.21.